The molecule has 1 saturated carbocycles. The average Bonchev–Trinajstić information content (AvgIpc) is 3.36. The number of rotatable bonds is 5. The highest BCUT2D eigenvalue weighted by atomic mass is 16.1. The van der Waals surface area contributed by atoms with Crippen LogP contribution in [0.3, 0.4) is 0 Å². The van der Waals surface area contributed by atoms with Crippen molar-refractivity contribution < 1.29 is 4.79 Å². The molecule has 0 unspecified atom stereocenters. The van der Waals surface area contributed by atoms with Gasteiger partial charge in [-0.3, -0.25) is 14.9 Å². The van der Waals surface area contributed by atoms with Crippen LogP contribution in [0.4, 0.5) is 5.82 Å². The molecule has 0 saturated heterocycles. The number of pyridine rings is 1. The lowest BCUT2D eigenvalue weighted by Gasteiger charge is -2.05. The molecule has 1 amide bonds. The zero-order valence-corrected chi connectivity index (χ0v) is 14.1. The minimum Gasteiger partial charge on any atom is -0.309 e. The summed E-state index contributed by atoms with van der Waals surface area (Å²) in [6.07, 6.45) is 4.60. The Morgan fingerprint density at radius 3 is 2.68 bits per heavy atom. The molecule has 0 aliphatic heterocycles. The number of hydrogen-bond donors (Lipinski definition) is 2. The van der Waals surface area contributed by atoms with Gasteiger partial charge in [0.05, 0.1) is 12.1 Å². The lowest BCUT2D eigenvalue weighted by Crippen LogP contribution is -2.14. The van der Waals surface area contributed by atoms with Crippen LogP contribution >= 0.6 is 0 Å². The quantitative estimate of drug-likeness (QED) is 0.746. The number of H-pyrrole nitrogens is 1. The summed E-state index contributed by atoms with van der Waals surface area (Å²) in [6, 6.07) is 13.9. The Hall–Kier alpha value is -2.95. The summed E-state index contributed by atoms with van der Waals surface area (Å²) >= 11 is 0. The first-order valence-electron chi connectivity index (χ1n) is 8.54. The summed E-state index contributed by atoms with van der Waals surface area (Å²) in [7, 11) is 0. The van der Waals surface area contributed by atoms with Crippen LogP contribution < -0.4 is 5.32 Å². The topological polar surface area (TPSA) is 70.7 Å². The maximum absolute atomic E-state index is 12.2. The van der Waals surface area contributed by atoms with Gasteiger partial charge in [-0.25, -0.2) is 0 Å². The predicted octanol–water partition coefficient (Wildman–Crippen LogP) is 3.84. The van der Waals surface area contributed by atoms with Gasteiger partial charge >= 0.3 is 0 Å². The molecule has 3 aromatic rings. The molecule has 25 heavy (non-hydrogen) atoms. The van der Waals surface area contributed by atoms with Gasteiger partial charge in [-0.05, 0) is 37.0 Å². The summed E-state index contributed by atoms with van der Waals surface area (Å²) in [5, 5.41) is 10.0. The molecule has 0 radical (unpaired) electrons. The Kier molecular flexibility index (Phi) is 4.06. The zero-order valence-electron chi connectivity index (χ0n) is 14.1. The number of anilines is 1. The number of nitrogens with zero attached hydrogens (tertiary/aromatic N) is 2. The van der Waals surface area contributed by atoms with Crippen molar-refractivity contribution in [2.24, 2.45) is 0 Å². The number of aryl methyl sites for hydroxylation is 1. The Bertz CT molecular complexity index is 877. The molecule has 1 aliphatic carbocycles. The third-order valence-electron chi connectivity index (χ3n) is 4.41. The zero-order chi connectivity index (χ0) is 17.2. The highest BCUT2D eigenvalue weighted by Gasteiger charge is 2.25. The van der Waals surface area contributed by atoms with Gasteiger partial charge in [0.25, 0.3) is 0 Å². The summed E-state index contributed by atoms with van der Waals surface area (Å²) in [5.74, 6) is 1.14. The normalized spacial score (nSPS) is 13.6. The van der Waals surface area contributed by atoms with Crippen molar-refractivity contribution in [2.75, 3.05) is 5.32 Å². The van der Waals surface area contributed by atoms with Gasteiger partial charge in [0, 0.05) is 29.4 Å². The average molecular weight is 332 g/mol. The molecule has 126 valence electrons. The molecule has 2 aromatic heterocycles. The molecule has 4 rings (SSSR count). The standard InChI is InChI=1S/C20H20N4O/c1-13-2-9-17(21-12-13)15-5-3-14(4-6-15)10-20(25)22-19-11-18(23-24-19)16-7-8-16/h2-6,9,11-12,16H,7-8,10H2,1H3,(H2,22,23,24,25). The van der Waals surface area contributed by atoms with Gasteiger partial charge < -0.3 is 5.32 Å². The van der Waals surface area contributed by atoms with E-state index in [9.17, 15) is 4.79 Å². The molecular weight excluding hydrogens is 312 g/mol. The first kappa shape index (κ1) is 15.6. The number of benzene rings is 1. The molecular formula is C20H20N4O. The van der Waals surface area contributed by atoms with Crippen molar-refractivity contribution in [1.29, 1.82) is 0 Å². The highest BCUT2D eigenvalue weighted by Crippen LogP contribution is 2.39. The summed E-state index contributed by atoms with van der Waals surface area (Å²) in [5.41, 5.74) is 5.20. The van der Waals surface area contributed by atoms with Gasteiger partial charge in [-0.2, -0.15) is 5.10 Å². The van der Waals surface area contributed by atoms with E-state index >= 15 is 0 Å². The van der Waals surface area contributed by atoms with E-state index < -0.39 is 0 Å². The highest BCUT2D eigenvalue weighted by molar-refractivity contribution is 5.91. The van der Waals surface area contributed by atoms with Crippen LogP contribution in [-0.4, -0.2) is 21.1 Å². The van der Waals surface area contributed by atoms with E-state index in [1.54, 1.807) is 0 Å². The molecule has 5 heteroatoms. The maximum Gasteiger partial charge on any atom is 0.229 e. The number of carbonyl (C=O) groups excluding carboxylic acids is 1. The van der Waals surface area contributed by atoms with Crippen molar-refractivity contribution in [3.05, 3.63) is 65.5 Å². The minimum absolute atomic E-state index is 0.0601. The Labute approximate surface area is 146 Å². The fourth-order valence-corrected chi connectivity index (χ4v) is 2.81. The summed E-state index contributed by atoms with van der Waals surface area (Å²) in [6.45, 7) is 2.02. The second-order valence-electron chi connectivity index (χ2n) is 6.63. The molecule has 0 spiro atoms. The van der Waals surface area contributed by atoms with Gasteiger partial charge in [-0.1, -0.05) is 30.3 Å². The predicted molar refractivity (Wildman–Crippen MR) is 97.3 cm³/mol. The van der Waals surface area contributed by atoms with E-state index in [4.69, 9.17) is 0 Å². The minimum atomic E-state index is -0.0601. The Morgan fingerprint density at radius 1 is 1.20 bits per heavy atom. The first-order valence-corrected chi connectivity index (χ1v) is 8.54. The number of hydrogen-bond acceptors (Lipinski definition) is 3. The van der Waals surface area contributed by atoms with Crippen LogP contribution in [0.5, 0.6) is 0 Å². The van der Waals surface area contributed by atoms with Crippen molar-refractivity contribution >= 4 is 11.7 Å². The van der Waals surface area contributed by atoms with Crippen LogP contribution in [-0.2, 0) is 11.2 Å². The van der Waals surface area contributed by atoms with Crippen LogP contribution in [0.15, 0.2) is 48.7 Å². The molecule has 2 heterocycles. The number of carbonyl (C=O) groups is 1. The smallest absolute Gasteiger partial charge is 0.229 e. The lowest BCUT2D eigenvalue weighted by atomic mass is 10.1. The van der Waals surface area contributed by atoms with E-state index in [-0.39, 0.29) is 5.91 Å². The monoisotopic (exact) mass is 332 g/mol. The van der Waals surface area contributed by atoms with Crippen molar-refractivity contribution in [3.63, 3.8) is 0 Å². The maximum atomic E-state index is 12.2. The number of nitrogens with one attached hydrogen (secondary N) is 2. The van der Waals surface area contributed by atoms with Gasteiger partial charge in [0.15, 0.2) is 5.82 Å². The molecule has 5 nitrogen and oxygen atoms in total. The van der Waals surface area contributed by atoms with E-state index in [0.717, 1.165) is 28.1 Å². The fraction of sp³-hybridized carbons (Fsp3) is 0.250. The number of amides is 1. The van der Waals surface area contributed by atoms with E-state index in [1.807, 2.05) is 55.6 Å². The molecule has 1 aromatic carbocycles. The van der Waals surface area contributed by atoms with E-state index in [1.165, 1.54) is 12.8 Å². The first-order chi connectivity index (χ1) is 12.2. The van der Waals surface area contributed by atoms with Crippen LogP contribution in [0, 0.1) is 6.92 Å². The fourth-order valence-electron chi connectivity index (χ4n) is 2.81. The van der Waals surface area contributed by atoms with Crippen molar-refractivity contribution in [2.45, 2.75) is 32.1 Å². The van der Waals surface area contributed by atoms with Gasteiger partial charge in [0.1, 0.15) is 0 Å². The third kappa shape index (κ3) is 3.76. The summed E-state index contributed by atoms with van der Waals surface area (Å²) < 4.78 is 0. The summed E-state index contributed by atoms with van der Waals surface area (Å²) in [4.78, 5) is 16.6. The Morgan fingerprint density at radius 2 is 2.00 bits per heavy atom. The molecule has 1 aliphatic rings. The molecule has 0 bridgehead atoms. The lowest BCUT2D eigenvalue weighted by molar-refractivity contribution is -0.115. The number of aromatic nitrogens is 3. The third-order valence-corrected chi connectivity index (χ3v) is 4.41. The van der Waals surface area contributed by atoms with Gasteiger partial charge in [-0.15, -0.1) is 0 Å². The molecule has 0 atom stereocenters. The molecule has 2 N–H and O–H groups in total. The van der Waals surface area contributed by atoms with Crippen LogP contribution in [0.2, 0.25) is 0 Å². The largest absolute Gasteiger partial charge is 0.309 e. The van der Waals surface area contributed by atoms with Crippen LogP contribution in [0.1, 0.15) is 35.6 Å². The van der Waals surface area contributed by atoms with E-state index in [0.29, 0.717) is 18.2 Å². The SMILES string of the molecule is Cc1ccc(-c2ccc(CC(=O)Nc3cc(C4CC4)[nH]n3)cc2)nc1. The van der Waals surface area contributed by atoms with Crippen molar-refractivity contribution in [1.82, 2.24) is 15.2 Å². The Balaban J connectivity index is 1.38. The van der Waals surface area contributed by atoms with E-state index in [2.05, 4.69) is 20.5 Å². The second kappa shape index (κ2) is 6.51. The van der Waals surface area contributed by atoms with Crippen LogP contribution in [0.25, 0.3) is 11.3 Å². The second-order valence-corrected chi connectivity index (χ2v) is 6.63. The number of aromatic amines is 1. The van der Waals surface area contributed by atoms with Gasteiger partial charge in [0.2, 0.25) is 5.91 Å². The molecule has 1 fully saturated rings. The van der Waals surface area contributed by atoms with Crippen molar-refractivity contribution in [3.8, 4) is 11.3 Å².